The second-order valence-electron chi connectivity index (χ2n) is 3.40. The Morgan fingerprint density at radius 1 is 1.29 bits per heavy atom. The molecule has 0 aliphatic heterocycles. The molecular formula is C13H11N3O. The van der Waals surface area contributed by atoms with Crippen LogP contribution in [0.2, 0.25) is 0 Å². The van der Waals surface area contributed by atoms with Crippen LogP contribution in [-0.2, 0) is 0 Å². The lowest BCUT2D eigenvalue weighted by Crippen LogP contribution is -1.94. The van der Waals surface area contributed by atoms with Gasteiger partial charge in [-0.25, -0.2) is 4.98 Å². The van der Waals surface area contributed by atoms with Crippen LogP contribution in [0.15, 0.2) is 42.6 Å². The summed E-state index contributed by atoms with van der Waals surface area (Å²) in [4.78, 5) is 4.13. The van der Waals surface area contributed by atoms with Crippen molar-refractivity contribution < 1.29 is 4.74 Å². The van der Waals surface area contributed by atoms with E-state index in [0.717, 1.165) is 11.4 Å². The first-order valence-electron chi connectivity index (χ1n) is 5.09. The molecule has 0 radical (unpaired) electrons. The molecule has 0 aliphatic carbocycles. The van der Waals surface area contributed by atoms with Gasteiger partial charge in [-0.05, 0) is 24.3 Å². The van der Waals surface area contributed by atoms with E-state index >= 15 is 0 Å². The van der Waals surface area contributed by atoms with Crippen molar-refractivity contribution in [3.05, 3.63) is 48.2 Å². The number of hydrogen-bond acceptors (Lipinski definition) is 4. The molecule has 1 aromatic carbocycles. The molecule has 2 aromatic rings. The second-order valence-corrected chi connectivity index (χ2v) is 3.40. The Kier molecular flexibility index (Phi) is 3.22. The van der Waals surface area contributed by atoms with Crippen molar-refractivity contribution in [3.63, 3.8) is 0 Å². The van der Waals surface area contributed by atoms with Gasteiger partial charge in [0, 0.05) is 18.0 Å². The zero-order chi connectivity index (χ0) is 12.1. The predicted molar refractivity (Wildman–Crippen MR) is 65.2 cm³/mol. The van der Waals surface area contributed by atoms with Gasteiger partial charge in [0.05, 0.1) is 12.7 Å². The van der Waals surface area contributed by atoms with Crippen LogP contribution in [0.25, 0.3) is 0 Å². The van der Waals surface area contributed by atoms with Gasteiger partial charge in [0.25, 0.3) is 0 Å². The minimum atomic E-state index is 0.543. The van der Waals surface area contributed by atoms with Crippen LogP contribution in [0, 0.1) is 11.3 Å². The topological polar surface area (TPSA) is 57.9 Å². The number of pyridine rings is 1. The van der Waals surface area contributed by atoms with Crippen LogP contribution < -0.4 is 10.1 Å². The molecule has 0 spiro atoms. The number of rotatable bonds is 3. The van der Waals surface area contributed by atoms with Crippen molar-refractivity contribution in [2.45, 2.75) is 0 Å². The molecule has 17 heavy (non-hydrogen) atoms. The van der Waals surface area contributed by atoms with E-state index in [2.05, 4.69) is 10.3 Å². The van der Waals surface area contributed by atoms with Gasteiger partial charge in [0.2, 0.25) is 0 Å². The standard InChI is InChI=1S/C13H11N3O/c1-17-12-4-2-3-11(7-12)16-13-6-5-10(8-14)9-15-13/h2-7,9H,1H3,(H,15,16). The van der Waals surface area contributed by atoms with Gasteiger partial charge in [-0.15, -0.1) is 0 Å². The number of nitrogens with zero attached hydrogens (tertiary/aromatic N) is 2. The number of anilines is 2. The molecule has 0 fully saturated rings. The maximum Gasteiger partial charge on any atom is 0.130 e. The maximum atomic E-state index is 8.66. The first kappa shape index (κ1) is 11.0. The molecule has 84 valence electrons. The van der Waals surface area contributed by atoms with Gasteiger partial charge in [0.15, 0.2) is 0 Å². The van der Waals surface area contributed by atoms with E-state index in [1.165, 1.54) is 6.20 Å². The van der Waals surface area contributed by atoms with E-state index in [9.17, 15) is 0 Å². The van der Waals surface area contributed by atoms with Crippen molar-refractivity contribution in [1.29, 1.82) is 5.26 Å². The molecule has 1 N–H and O–H groups in total. The maximum absolute atomic E-state index is 8.66. The van der Waals surface area contributed by atoms with Crippen LogP contribution in [-0.4, -0.2) is 12.1 Å². The van der Waals surface area contributed by atoms with Gasteiger partial charge in [-0.3, -0.25) is 0 Å². The van der Waals surface area contributed by atoms with Crippen molar-refractivity contribution in [1.82, 2.24) is 4.98 Å². The number of nitriles is 1. The fourth-order valence-corrected chi connectivity index (χ4v) is 1.38. The first-order chi connectivity index (χ1) is 8.31. The summed E-state index contributed by atoms with van der Waals surface area (Å²) >= 11 is 0. The van der Waals surface area contributed by atoms with Gasteiger partial charge in [-0.1, -0.05) is 6.07 Å². The normalized spacial score (nSPS) is 9.41. The lowest BCUT2D eigenvalue weighted by Gasteiger charge is -2.06. The molecule has 2 rings (SSSR count). The molecule has 0 atom stereocenters. The molecule has 4 nitrogen and oxygen atoms in total. The highest BCUT2D eigenvalue weighted by Gasteiger charge is 1.98. The van der Waals surface area contributed by atoms with E-state index in [1.54, 1.807) is 19.2 Å². The highest BCUT2D eigenvalue weighted by atomic mass is 16.5. The fourth-order valence-electron chi connectivity index (χ4n) is 1.38. The van der Waals surface area contributed by atoms with Crippen LogP contribution in [0.5, 0.6) is 5.75 Å². The molecule has 0 saturated carbocycles. The third-order valence-corrected chi connectivity index (χ3v) is 2.23. The quantitative estimate of drug-likeness (QED) is 0.872. The molecule has 4 heteroatoms. The van der Waals surface area contributed by atoms with Crippen molar-refractivity contribution in [3.8, 4) is 11.8 Å². The summed E-state index contributed by atoms with van der Waals surface area (Å²) in [6.07, 6.45) is 1.53. The van der Waals surface area contributed by atoms with Crippen LogP contribution in [0.4, 0.5) is 11.5 Å². The van der Waals surface area contributed by atoms with Crippen molar-refractivity contribution in [2.75, 3.05) is 12.4 Å². The molecular weight excluding hydrogens is 214 g/mol. The van der Waals surface area contributed by atoms with E-state index in [-0.39, 0.29) is 0 Å². The molecule has 1 aromatic heterocycles. The lowest BCUT2D eigenvalue weighted by atomic mass is 10.3. The lowest BCUT2D eigenvalue weighted by molar-refractivity contribution is 0.415. The van der Waals surface area contributed by atoms with E-state index in [4.69, 9.17) is 10.00 Å². The number of aromatic nitrogens is 1. The van der Waals surface area contributed by atoms with Crippen molar-refractivity contribution in [2.24, 2.45) is 0 Å². The monoisotopic (exact) mass is 225 g/mol. The summed E-state index contributed by atoms with van der Waals surface area (Å²) in [6.45, 7) is 0. The summed E-state index contributed by atoms with van der Waals surface area (Å²) in [7, 11) is 1.62. The van der Waals surface area contributed by atoms with E-state index < -0.39 is 0 Å². The Hall–Kier alpha value is -2.54. The Morgan fingerprint density at radius 3 is 2.82 bits per heavy atom. The molecule has 1 heterocycles. The summed E-state index contributed by atoms with van der Waals surface area (Å²) < 4.78 is 5.13. The Morgan fingerprint density at radius 2 is 2.18 bits per heavy atom. The minimum absolute atomic E-state index is 0.543. The van der Waals surface area contributed by atoms with E-state index in [1.807, 2.05) is 30.3 Å². The van der Waals surface area contributed by atoms with Crippen LogP contribution in [0.1, 0.15) is 5.56 Å². The van der Waals surface area contributed by atoms with Crippen molar-refractivity contribution >= 4 is 11.5 Å². The smallest absolute Gasteiger partial charge is 0.130 e. The minimum Gasteiger partial charge on any atom is -0.497 e. The zero-order valence-corrected chi connectivity index (χ0v) is 9.34. The first-order valence-corrected chi connectivity index (χ1v) is 5.09. The SMILES string of the molecule is COc1cccc(Nc2ccc(C#N)cn2)c1. The molecule has 0 bridgehead atoms. The van der Waals surface area contributed by atoms with Crippen LogP contribution in [0.3, 0.4) is 0 Å². The molecule has 0 saturated heterocycles. The predicted octanol–water partition coefficient (Wildman–Crippen LogP) is 2.71. The number of nitrogens with one attached hydrogen (secondary N) is 1. The van der Waals surface area contributed by atoms with Gasteiger partial charge >= 0.3 is 0 Å². The molecule has 0 amide bonds. The van der Waals surface area contributed by atoms with Gasteiger partial charge in [0.1, 0.15) is 17.6 Å². The van der Waals surface area contributed by atoms with Gasteiger partial charge < -0.3 is 10.1 Å². The fraction of sp³-hybridized carbons (Fsp3) is 0.0769. The Bertz CT molecular complexity index is 543. The largest absolute Gasteiger partial charge is 0.497 e. The highest BCUT2D eigenvalue weighted by Crippen LogP contribution is 2.19. The summed E-state index contributed by atoms with van der Waals surface area (Å²) in [6, 6.07) is 13.1. The summed E-state index contributed by atoms with van der Waals surface area (Å²) in [5, 5.41) is 11.8. The Balaban J connectivity index is 2.16. The number of methoxy groups -OCH3 is 1. The highest BCUT2D eigenvalue weighted by molar-refractivity contribution is 5.58. The average molecular weight is 225 g/mol. The zero-order valence-electron chi connectivity index (χ0n) is 9.34. The summed E-state index contributed by atoms with van der Waals surface area (Å²) in [5.74, 6) is 1.47. The van der Waals surface area contributed by atoms with Crippen LogP contribution >= 0.6 is 0 Å². The number of ether oxygens (including phenoxy) is 1. The summed E-state index contributed by atoms with van der Waals surface area (Å²) in [5.41, 5.74) is 1.43. The molecule has 0 aliphatic rings. The average Bonchev–Trinajstić information content (AvgIpc) is 2.40. The third-order valence-electron chi connectivity index (χ3n) is 2.23. The van der Waals surface area contributed by atoms with E-state index in [0.29, 0.717) is 11.4 Å². The number of hydrogen-bond donors (Lipinski definition) is 1. The molecule has 0 unspecified atom stereocenters. The Labute approximate surface area is 99.5 Å². The number of benzene rings is 1. The third kappa shape index (κ3) is 2.73. The van der Waals surface area contributed by atoms with Gasteiger partial charge in [-0.2, -0.15) is 5.26 Å². The second kappa shape index (κ2) is 4.99.